The molecule has 0 atom stereocenters. The van der Waals surface area contributed by atoms with Crippen molar-refractivity contribution >= 4 is 44.3 Å². The molecule has 2 aliphatic heterocycles. The average Bonchev–Trinajstić information content (AvgIpc) is 3.05. The molecule has 0 saturated carbocycles. The van der Waals surface area contributed by atoms with E-state index in [1.54, 1.807) is 0 Å². The van der Waals surface area contributed by atoms with E-state index in [2.05, 4.69) is 27.2 Å². The Labute approximate surface area is 221 Å². The molecule has 10 nitrogen and oxygen atoms in total. The Morgan fingerprint density at radius 2 is 1.68 bits per heavy atom. The first-order valence-corrected chi connectivity index (χ1v) is 14.7. The predicted molar refractivity (Wildman–Crippen MR) is 140 cm³/mol. The average molecular weight is 549 g/mol. The Hall–Kier alpha value is -2.80. The van der Waals surface area contributed by atoms with Gasteiger partial charge in [0.1, 0.15) is 5.00 Å². The maximum atomic E-state index is 13.1. The van der Waals surface area contributed by atoms with Crippen LogP contribution in [-0.2, 0) is 27.7 Å². The number of amides is 3. The molecule has 0 spiro atoms. The van der Waals surface area contributed by atoms with Gasteiger partial charge in [0, 0.05) is 36.6 Å². The van der Waals surface area contributed by atoms with Crippen LogP contribution in [0.5, 0.6) is 0 Å². The lowest BCUT2D eigenvalue weighted by atomic mass is 10.0. The molecule has 2 aromatic rings. The number of hydrogen-bond acceptors (Lipinski definition) is 8. The van der Waals surface area contributed by atoms with E-state index >= 15 is 0 Å². The van der Waals surface area contributed by atoms with Gasteiger partial charge in [0.05, 0.1) is 17.6 Å². The van der Waals surface area contributed by atoms with Gasteiger partial charge in [0.15, 0.2) is 0 Å². The summed E-state index contributed by atoms with van der Waals surface area (Å²) in [6.07, 6.45) is 3.46. The fourth-order valence-electron chi connectivity index (χ4n) is 4.65. The Bertz CT molecular complexity index is 1260. The number of carbonyl (C=O) groups is 3. The van der Waals surface area contributed by atoms with Crippen LogP contribution in [-0.4, -0.2) is 68.8 Å². The van der Waals surface area contributed by atoms with Gasteiger partial charge in [-0.2, -0.15) is 4.31 Å². The van der Waals surface area contributed by atoms with E-state index in [-0.39, 0.29) is 16.0 Å². The van der Waals surface area contributed by atoms with Gasteiger partial charge >= 0.3 is 6.09 Å². The number of ether oxygens (including phenoxy) is 1. The molecule has 1 saturated heterocycles. The Morgan fingerprint density at radius 3 is 2.30 bits per heavy atom. The van der Waals surface area contributed by atoms with Crippen molar-refractivity contribution in [2.24, 2.45) is 0 Å². The quantitative estimate of drug-likeness (QED) is 0.567. The molecule has 3 amide bonds. The van der Waals surface area contributed by atoms with Gasteiger partial charge in [-0.25, -0.2) is 13.2 Å². The number of carbonyl (C=O) groups excluding carboxylic acids is 3. The van der Waals surface area contributed by atoms with Crippen LogP contribution < -0.4 is 10.6 Å². The number of sulfonamides is 1. The number of alkyl carbamates (subject to hydrolysis) is 1. The number of hydrogen-bond donors (Lipinski definition) is 2. The number of rotatable bonds is 6. The normalized spacial score (nSPS) is 16.9. The van der Waals surface area contributed by atoms with Crippen molar-refractivity contribution < 1.29 is 27.5 Å². The summed E-state index contributed by atoms with van der Waals surface area (Å²) in [5.41, 5.74) is 1.33. The molecule has 0 unspecified atom stereocenters. The van der Waals surface area contributed by atoms with Gasteiger partial charge in [-0.1, -0.05) is 19.8 Å². The number of benzene rings is 1. The van der Waals surface area contributed by atoms with Crippen LogP contribution in [0.25, 0.3) is 0 Å². The topological polar surface area (TPSA) is 125 Å². The molecule has 200 valence electrons. The fraction of sp³-hybridized carbons (Fsp3) is 0.480. The van der Waals surface area contributed by atoms with Crippen molar-refractivity contribution in [3.8, 4) is 0 Å². The van der Waals surface area contributed by atoms with Crippen LogP contribution in [0.2, 0.25) is 0 Å². The van der Waals surface area contributed by atoms with Crippen LogP contribution >= 0.6 is 11.3 Å². The largest absolute Gasteiger partial charge is 0.453 e. The maximum absolute atomic E-state index is 13.1. The first-order valence-electron chi connectivity index (χ1n) is 12.4. The first-order chi connectivity index (χ1) is 17.7. The maximum Gasteiger partial charge on any atom is 0.413 e. The van der Waals surface area contributed by atoms with Crippen molar-refractivity contribution in [3.63, 3.8) is 0 Å². The fourth-order valence-corrected chi connectivity index (χ4v) is 7.45. The highest BCUT2D eigenvalue weighted by molar-refractivity contribution is 7.89. The molecule has 1 aromatic carbocycles. The van der Waals surface area contributed by atoms with Crippen LogP contribution in [0.4, 0.5) is 9.80 Å². The molecule has 1 aromatic heterocycles. The molecule has 12 heteroatoms. The van der Waals surface area contributed by atoms with E-state index in [9.17, 15) is 22.8 Å². The van der Waals surface area contributed by atoms with E-state index in [1.165, 1.54) is 47.0 Å². The van der Waals surface area contributed by atoms with E-state index < -0.39 is 27.9 Å². The number of imide groups is 1. The highest BCUT2D eigenvalue weighted by atomic mass is 32.2. The summed E-state index contributed by atoms with van der Waals surface area (Å²) < 4.78 is 32.2. The molecule has 0 radical (unpaired) electrons. The Morgan fingerprint density at radius 1 is 1.00 bits per heavy atom. The summed E-state index contributed by atoms with van der Waals surface area (Å²) in [6, 6.07) is 5.83. The second kappa shape index (κ2) is 11.7. The first kappa shape index (κ1) is 27.2. The van der Waals surface area contributed by atoms with Gasteiger partial charge in [-0.15, -0.1) is 11.3 Å². The molecule has 0 bridgehead atoms. The summed E-state index contributed by atoms with van der Waals surface area (Å²) in [4.78, 5) is 41.1. The van der Waals surface area contributed by atoms with Crippen LogP contribution in [0.1, 0.15) is 63.8 Å². The number of methoxy groups -OCH3 is 1. The molecule has 2 N–H and O–H groups in total. The van der Waals surface area contributed by atoms with E-state index in [0.717, 1.165) is 49.2 Å². The SMILES string of the molecule is CCN1CCc2c(sc(NC(=O)c3ccc(S(=O)(=O)N4CCCCCC4)cc3)c2C(=O)NC(=O)OC)C1. The van der Waals surface area contributed by atoms with Crippen molar-refractivity contribution in [1.29, 1.82) is 0 Å². The molecule has 2 aliphatic rings. The highest BCUT2D eigenvalue weighted by Crippen LogP contribution is 2.37. The number of thiophene rings is 1. The van der Waals surface area contributed by atoms with Crippen LogP contribution in [0.3, 0.4) is 0 Å². The predicted octanol–water partition coefficient (Wildman–Crippen LogP) is 3.44. The lowest BCUT2D eigenvalue weighted by molar-refractivity contribution is 0.0936. The molecule has 4 rings (SSSR count). The number of likely N-dealkylation sites (N-methyl/N-ethyl adjacent to an activating group) is 1. The summed E-state index contributed by atoms with van der Waals surface area (Å²) >= 11 is 1.31. The molecular formula is C25H32N4O6S2. The van der Waals surface area contributed by atoms with E-state index in [4.69, 9.17) is 0 Å². The minimum absolute atomic E-state index is 0.148. The van der Waals surface area contributed by atoms with Crippen LogP contribution in [0, 0.1) is 0 Å². The molecule has 0 aliphatic carbocycles. The number of nitrogens with zero attached hydrogens (tertiary/aromatic N) is 2. The minimum atomic E-state index is -3.63. The summed E-state index contributed by atoms with van der Waals surface area (Å²) in [7, 11) is -2.46. The lowest BCUT2D eigenvalue weighted by Gasteiger charge is -2.25. The third-order valence-electron chi connectivity index (χ3n) is 6.76. The summed E-state index contributed by atoms with van der Waals surface area (Å²) in [5, 5.41) is 5.34. The van der Waals surface area contributed by atoms with Gasteiger partial charge in [-0.05, 0) is 55.6 Å². The van der Waals surface area contributed by atoms with Gasteiger partial charge in [0.2, 0.25) is 10.0 Å². The third-order valence-corrected chi connectivity index (χ3v) is 9.80. The zero-order chi connectivity index (χ0) is 26.6. The smallest absolute Gasteiger partial charge is 0.413 e. The summed E-state index contributed by atoms with van der Waals surface area (Å²) in [6.45, 7) is 5.32. The van der Waals surface area contributed by atoms with Crippen molar-refractivity contribution in [3.05, 3.63) is 45.8 Å². The van der Waals surface area contributed by atoms with E-state index in [0.29, 0.717) is 31.1 Å². The number of anilines is 1. The van der Waals surface area contributed by atoms with Gasteiger partial charge in [-0.3, -0.25) is 19.8 Å². The highest BCUT2D eigenvalue weighted by Gasteiger charge is 2.30. The second-order valence-corrected chi connectivity index (χ2v) is 12.1. The van der Waals surface area contributed by atoms with Crippen molar-refractivity contribution in [2.75, 3.05) is 38.6 Å². The van der Waals surface area contributed by atoms with Gasteiger partial charge in [0.25, 0.3) is 11.8 Å². The van der Waals surface area contributed by atoms with Crippen molar-refractivity contribution in [2.45, 2.75) is 50.5 Å². The monoisotopic (exact) mass is 548 g/mol. The third kappa shape index (κ3) is 6.03. The molecule has 3 heterocycles. The Balaban J connectivity index is 1.56. The summed E-state index contributed by atoms with van der Waals surface area (Å²) in [5.74, 6) is -1.11. The van der Waals surface area contributed by atoms with Crippen LogP contribution in [0.15, 0.2) is 29.2 Å². The zero-order valence-corrected chi connectivity index (χ0v) is 22.7. The molecule has 1 fully saturated rings. The van der Waals surface area contributed by atoms with Crippen molar-refractivity contribution in [1.82, 2.24) is 14.5 Å². The zero-order valence-electron chi connectivity index (χ0n) is 21.0. The minimum Gasteiger partial charge on any atom is -0.453 e. The number of fused-ring (bicyclic) bond motifs is 1. The standard InChI is InChI=1S/C25H32N4O6S2/c1-3-28-15-12-19-20(16-28)36-24(21(19)23(31)27-25(32)35-2)26-22(30)17-8-10-18(11-9-17)37(33,34)29-13-6-4-5-7-14-29/h8-11H,3-7,12-16H2,1-2H3,(H,26,30)(H,27,31,32). The number of nitrogens with one attached hydrogen (secondary N) is 2. The molecule has 37 heavy (non-hydrogen) atoms. The van der Waals surface area contributed by atoms with E-state index in [1.807, 2.05) is 0 Å². The second-order valence-electron chi connectivity index (χ2n) is 9.07. The molecular weight excluding hydrogens is 516 g/mol. The lowest BCUT2D eigenvalue weighted by Crippen LogP contribution is -2.33. The Kier molecular flexibility index (Phi) is 8.63. The van der Waals surface area contributed by atoms with Gasteiger partial charge < -0.3 is 10.1 Å².